The van der Waals surface area contributed by atoms with Crippen LogP contribution in [0.5, 0.6) is 0 Å². The lowest BCUT2D eigenvalue weighted by molar-refractivity contribution is -0.137. The van der Waals surface area contributed by atoms with Crippen LogP contribution in [0.1, 0.15) is 33.6 Å². The Balaban J connectivity index is 1.71. The van der Waals surface area contributed by atoms with Gasteiger partial charge in [-0.2, -0.15) is 0 Å². The van der Waals surface area contributed by atoms with Crippen molar-refractivity contribution in [2.75, 3.05) is 6.54 Å². The van der Waals surface area contributed by atoms with Crippen LogP contribution in [0.3, 0.4) is 0 Å². The number of carboxylic acid groups (broad SMARTS) is 1. The highest BCUT2D eigenvalue weighted by Crippen LogP contribution is 2.39. The van der Waals surface area contributed by atoms with E-state index in [2.05, 4.69) is 17.4 Å². The molecule has 2 N–H and O–H groups in total. The molecule has 1 heterocycles. The Bertz CT molecular complexity index is 720. The molecule has 5 heteroatoms. The van der Waals surface area contributed by atoms with Gasteiger partial charge in [0.25, 0.3) is 5.91 Å². The Morgan fingerprint density at radius 2 is 1.95 bits per heavy atom. The van der Waals surface area contributed by atoms with Gasteiger partial charge in [0.2, 0.25) is 0 Å². The lowest BCUT2D eigenvalue weighted by atomic mass is 9.91. The van der Waals surface area contributed by atoms with Crippen molar-refractivity contribution >= 4 is 23.2 Å². The van der Waals surface area contributed by atoms with Crippen LogP contribution < -0.4 is 5.32 Å². The third kappa shape index (κ3) is 3.04. The zero-order valence-electron chi connectivity index (χ0n) is 12.1. The summed E-state index contributed by atoms with van der Waals surface area (Å²) in [4.78, 5) is 24.5. The molecule has 4 nitrogen and oxygen atoms in total. The van der Waals surface area contributed by atoms with Gasteiger partial charge in [0.15, 0.2) is 0 Å². The monoisotopic (exact) mass is 315 g/mol. The third-order valence-corrected chi connectivity index (χ3v) is 5.02. The maximum atomic E-state index is 12.2. The van der Waals surface area contributed by atoms with Crippen molar-refractivity contribution in [3.05, 3.63) is 46.3 Å². The minimum absolute atomic E-state index is 0.0780. The fraction of sp³-hybridized carbons (Fsp3) is 0.294. The molecule has 2 aromatic rings. The first-order valence-corrected chi connectivity index (χ1v) is 8.18. The van der Waals surface area contributed by atoms with Gasteiger partial charge in [0, 0.05) is 17.8 Å². The van der Waals surface area contributed by atoms with E-state index in [0.717, 1.165) is 12.8 Å². The smallest absolute Gasteiger partial charge is 0.303 e. The standard InChI is InChI=1S/C17H17NO3S/c19-15(20)6-3-9-18-17(21)14-10-12-8-7-11-4-1-2-5-13(11)16(12)22-14/h1-2,4-5,10H,3,6-9H2,(H,18,21)(H,19,20). The Labute approximate surface area is 132 Å². The lowest BCUT2D eigenvalue weighted by Crippen LogP contribution is -2.24. The summed E-state index contributed by atoms with van der Waals surface area (Å²) < 4.78 is 0. The highest BCUT2D eigenvalue weighted by atomic mass is 32.1. The molecule has 0 saturated carbocycles. The highest BCUT2D eigenvalue weighted by molar-refractivity contribution is 7.17. The predicted molar refractivity (Wildman–Crippen MR) is 86.4 cm³/mol. The van der Waals surface area contributed by atoms with Gasteiger partial charge in [-0.25, -0.2) is 0 Å². The summed E-state index contributed by atoms with van der Waals surface area (Å²) in [5.74, 6) is -0.945. The van der Waals surface area contributed by atoms with E-state index in [1.807, 2.05) is 18.2 Å². The van der Waals surface area contributed by atoms with Crippen LogP contribution in [0.4, 0.5) is 0 Å². The normalized spacial score (nSPS) is 12.4. The molecule has 114 valence electrons. The maximum absolute atomic E-state index is 12.2. The number of carbonyl (C=O) groups excluding carboxylic acids is 1. The highest BCUT2D eigenvalue weighted by Gasteiger charge is 2.21. The molecule has 1 amide bonds. The van der Waals surface area contributed by atoms with E-state index in [1.54, 1.807) is 0 Å². The first kappa shape index (κ1) is 14.8. The summed E-state index contributed by atoms with van der Waals surface area (Å²) in [7, 11) is 0. The van der Waals surface area contributed by atoms with Gasteiger partial charge < -0.3 is 10.4 Å². The number of carboxylic acids is 1. The second-order valence-electron chi connectivity index (χ2n) is 5.38. The van der Waals surface area contributed by atoms with Crippen LogP contribution >= 0.6 is 11.3 Å². The van der Waals surface area contributed by atoms with Gasteiger partial charge in [-0.05, 0) is 42.0 Å². The van der Waals surface area contributed by atoms with Gasteiger partial charge in [-0.3, -0.25) is 9.59 Å². The quantitative estimate of drug-likeness (QED) is 0.833. The molecule has 1 aromatic carbocycles. The Kier molecular flexibility index (Phi) is 4.24. The number of nitrogens with one attached hydrogen (secondary N) is 1. The molecule has 3 rings (SSSR count). The number of fused-ring (bicyclic) bond motifs is 3. The number of aryl methyl sites for hydroxylation is 2. The predicted octanol–water partition coefficient (Wildman–Crippen LogP) is 3.11. The van der Waals surface area contributed by atoms with Crippen LogP contribution in [0.15, 0.2) is 30.3 Å². The van der Waals surface area contributed by atoms with Crippen LogP contribution in [0, 0.1) is 0 Å². The van der Waals surface area contributed by atoms with Gasteiger partial charge in [0.05, 0.1) is 4.88 Å². The van der Waals surface area contributed by atoms with Crippen molar-refractivity contribution in [2.45, 2.75) is 25.7 Å². The second-order valence-corrected chi connectivity index (χ2v) is 6.43. The molecule has 0 fully saturated rings. The van der Waals surface area contributed by atoms with E-state index >= 15 is 0 Å². The number of benzene rings is 1. The number of thiophene rings is 1. The van der Waals surface area contributed by atoms with Crippen LogP contribution in [0.2, 0.25) is 0 Å². The zero-order valence-corrected chi connectivity index (χ0v) is 12.9. The fourth-order valence-electron chi connectivity index (χ4n) is 2.71. The van der Waals surface area contributed by atoms with E-state index in [9.17, 15) is 9.59 Å². The van der Waals surface area contributed by atoms with E-state index in [-0.39, 0.29) is 12.3 Å². The second kappa shape index (κ2) is 6.32. The Morgan fingerprint density at radius 1 is 1.18 bits per heavy atom. The molecule has 0 unspecified atom stereocenters. The molecular weight excluding hydrogens is 298 g/mol. The summed E-state index contributed by atoms with van der Waals surface area (Å²) in [6.07, 6.45) is 2.51. The summed E-state index contributed by atoms with van der Waals surface area (Å²) in [5.41, 5.74) is 3.81. The number of amides is 1. The molecule has 22 heavy (non-hydrogen) atoms. The van der Waals surface area contributed by atoms with Crippen molar-refractivity contribution in [2.24, 2.45) is 0 Å². The minimum Gasteiger partial charge on any atom is -0.481 e. The number of carbonyl (C=O) groups is 2. The van der Waals surface area contributed by atoms with Crippen LogP contribution in [-0.2, 0) is 17.6 Å². The molecular formula is C17H17NO3S. The van der Waals surface area contributed by atoms with Crippen molar-refractivity contribution in [1.29, 1.82) is 0 Å². The van der Waals surface area contributed by atoms with E-state index < -0.39 is 5.97 Å². The van der Waals surface area contributed by atoms with Crippen molar-refractivity contribution in [1.82, 2.24) is 5.32 Å². The third-order valence-electron chi connectivity index (χ3n) is 3.81. The number of rotatable bonds is 5. The van der Waals surface area contributed by atoms with Crippen molar-refractivity contribution in [3.8, 4) is 10.4 Å². The van der Waals surface area contributed by atoms with E-state index in [1.165, 1.54) is 32.9 Å². The average Bonchev–Trinajstić information content (AvgIpc) is 2.96. The lowest BCUT2D eigenvalue weighted by Gasteiger charge is -2.15. The van der Waals surface area contributed by atoms with Gasteiger partial charge >= 0.3 is 5.97 Å². The van der Waals surface area contributed by atoms with Gasteiger partial charge in [-0.15, -0.1) is 11.3 Å². The maximum Gasteiger partial charge on any atom is 0.303 e. The van der Waals surface area contributed by atoms with E-state index in [4.69, 9.17) is 5.11 Å². The number of hydrogen-bond donors (Lipinski definition) is 2. The van der Waals surface area contributed by atoms with Gasteiger partial charge in [-0.1, -0.05) is 24.3 Å². The fourth-order valence-corrected chi connectivity index (χ4v) is 3.90. The molecule has 0 atom stereocenters. The summed E-state index contributed by atoms with van der Waals surface area (Å²) in [6.45, 7) is 0.393. The first-order valence-electron chi connectivity index (χ1n) is 7.36. The van der Waals surface area contributed by atoms with Crippen molar-refractivity contribution < 1.29 is 14.7 Å². The minimum atomic E-state index is -0.836. The molecule has 0 saturated heterocycles. The first-order chi connectivity index (χ1) is 10.6. The number of aliphatic carboxylic acids is 1. The Morgan fingerprint density at radius 3 is 2.77 bits per heavy atom. The van der Waals surface area contributed by atoms with Crippen molar-refractivity contribution in [3.63, 3.8) is 0 Å². The molecule has 1 aromatic heterocycles. The molecule has 0 aliphatic heterocycles. The molecule has 0 radical (unpaired) electrons. The van der Waals surface area contributed by atoms with Crippen LogP contribution in [0.25, 0.3) is 10.4 Å². The summed E-state index contributed by atoms with van der Waals surface area (Å²) in [5, 5.41) is 11.4. The topological polar surface area (TPSA) is 66.4 Å². The zero-order chi connectivity index (χ0) is 15.5. The van der Waals surface area contributed by atoms with E-state index in [0.29, 0.717) is 17.8 Å². The van der Waals surface area contributed by atoms with Gasteiger partial charge in [0.1, 0.15) is 0 Å². The molecule has 0 bridgehead atoms. The van der Waals surface area contributed by atoms with Crippen LogP contribution in [-0.4, -0.2) is 23.5 Å². The average molecular weight is 315 g/mol. The summed E-state index contributed by atoms with van der Waals surface area (Å²) in [6, 6.07) is 10.3. The molecule has 0 spiro atoms. The molecule has 1 aliphatic carbocycles. The SMILES string of the molecule is O=C(O)CCCNC(=O)c1cc2c(s1)-c1ccccc1CC2. The Hall–Kier alpha value is -2.14. The largest absolute Gasteiger partial charge is 0.481 e. The molecule has 1 aliphatic rings. The summed E-state index contributed by atoms with van der Waals surface area (Å²) >= 11 is 1.52. The number of hydrogen-bond acceptors (Lipinski definition) is 3.